The lowest BCUT2D eigenvalue weighted by Crippen LogP contribution is -2.31. The molecular formula is C20H21FN4O. The molecule has 3 heterocycles. The van der Waals surface area contributed by atoms with E-state index in [2.05, 4.69) is 18.0 Å². The first-order chi connectivity index (χ1) is 12.5. The van der Waals surface area contributed by atoms with Crippen molar-refractivity contribution in [3.8, 4) is 0 Å². The van der Waals surface area contributed by atoms with Crippen molar-refractivity contribution in [1.29, 1.82) is 0 Å². The average molecular weight is 352 g/mol. The molecule has 4 rings (SSSR count). The lowest BCUT2D eigenvalue weighted by atomic mass is 10.0. The SMILES string of the molecule is Cc1cc(C)c2c(C3CCCN3C(=O)c3ccc(F)cc3)nn(C)c2n1. The van der Waals surface area contributed by atoms with E-state index < -0.39 is 0 Å². The third kappa shape index (κ3) is 2.66. The van der Waals surface area contributed by atoms with Crippen LogP contribution in [-0.4, -0.2) is 32.1 Å². The molecule has 3 aromatic rings. The highest BCUT2D eigenvalue weighted by atomic mass is 19.1. The summed E-state index contributed by atoms with van der Waals surface area (Å²) in [6, 6.07) is 7.70. The minimum Gasteiger partial charge on any atom is -0.330 e. The number of benzene rings is 1. The van der Waals surface area contributed by atoms with Crippen LogP contribution in [0.2, 0.25) is 0 Å². The zero-order chi connectivity index (χ0) is 18.4. The maximum Gasteiger partial charge on any atom is 0.254 e. The second-order valence-corrected chi connectivity index (χ2v) is 6.95. The van der Waals surface area contributed by atoms with Gasteiger partial charge in [-0.1, -0.05) is 0 Å². The Morgan fingerprint density at radius 3 is 2.69 bits per heavy atom. The van der Waals surface area contributed by atoms with Crippen LogP contribution >= 0.6 is 0 Å². The Hall–Kier alpha value is -2.76. The number of carbonyl (C=O) groups is 1. The van der Waals surface area contributed by atoms with E-state index in [-0.39, 0.29) is 17.8 Å². The Labute approximate surface area is 151 Å². The molecule has 5 nitrogen and oxygen atoms in total. The lowest BCUT2D eigenvalue weighted by molar-refractivity contribution is 0.0733. The summed E-state index contributed by atoms with van der Waals surface area (Å²) in [6.45, 7) is 4.71. The summed E-state index contributed by atoms with van der Waals surface area (Å²) < 4.78 is 15.0. The lowest BCUT2D eigenvalue weighted by Gasteiger charge is -2.24. The fraction of sp³-hybridized carbons (Fsp3) is 0.350. The molecule has 1 unspecified atom stereocenters. The van der Waals surface area contributed by atoms with Gasteiger partial charge >= 0.3 is 0 Å². The van der Waals surface area contributed by atoms with Crippen molar-refractivity contribution in [3.05, 3.63) is 58.7 Å². The molecule has 2 aromatic heterocycles. The molecule has 1 aromatic carbocycles. The number of aryl methyl sites for hydroxylation is 3. The Balaban J connectivity index is 1.76. The predicted molar refractivity (Wildman–Crippen MR) is 97.4 cm³/mol. The van der Waals surface area contributed by atoms with Crippen molar-refractivity contribution in [3.63, 3.8) is 0 Å². The highest BCUT2D eigenvalue weighted by Gasteiger charge is 2.34. The first-order valence-corrected chi connectivity index (χ1v) is 8.83. The van der Waals surface area contributed by atoms with Gasteiger partial charge in [0.05, 0.1) is 11.7 Å². The Bertz CT molecular complexity index is 993. The summed E-state index contributed by atoms with van der Waals surface area (Å²) in [4.78, 5) is 19.5. The van der Waals surface area contributed by atoms with E-state index in [1.54, 1.807) is 16.8 Å². The van der Waals surface area contributed by atoms with Gasteiger partial charge in [0.25, 0.3) is 5.91 Å². The monoisotopic (exact) mass is 352 g/mol. The molecule has 1 saturated heterocycles. The minimum atomic E-state index is -0.340. The van der Waals surface area contributed by atoms with Gasteiger partial charge in [0.2, 0.25) is 0 Å². The number of hydrogen-bond acceptors (Lipinski definition) is 3. The van der Waals surface area contributed by atoms with Crippen LogP contribution in [0.15, 0.2) is 30.3 Å². The predicted octanol–water partition coefficient (Wildman–Crippen LogP) is 3.70. The first-order valence-electron chi connectivity index (χ1n) is 8.83. The van der Waals surface area contributed by atoms with Crippen LogP contribution in [-0.2, 0) is 7.05 Å². The van der Waals surface area contributed by atoms with E-state index in [9.17, 15) is 9.18 Å². The molecule has 6 heteroatoms. The molecule has 0 N–H and O–H groups in total. The second kappa shape index (κ2) is 6.20. The fourth-order valence-corrected chi connectivity index (χ4v) is 3.91. The number of fused-ring (bicyclic) bond motifs is 1. The van der Waals surface area contributed by atoms with Gasteiger partial charge < -0.3 is 4.90 Å². The molecule has 0 spiro atoms. The summed E-state index contributed by atoms with van der Waals surface area (Å²) in [6.07, 6.45) is 1.79. The number of likely N-dealkylation sites (tertiary alicyclic amines) is 1. The van der Waals surface area contributed by atoms with Crippen LogP contribution in [0.5, 0.6) is 0 Å². The number of nitrogens with zero attached hydrogens (tertiary/aromatic N) is 4. The van der Waals surface area contributed by atoms with Crippen molar-refractivity contribution in [2.45, 2.75) is 32.7 Å². The van der Waals surface area contributed by atoms with E-state index in [1.807, 2.05) is 18.9 Å². The van der Waals surface area contributed by atoms with Gasteiger partial charge in [0, 0.05) is 30.2 Å². The molecule has 0 radical (unpaired) electrons. The highest BCUT2D eigenvalue weighted by molar-refractivity contribution is 5.95. The number of carbonyl (C=O) groups excluding carboxylic acids is 1. The van der Waals surface area contributed by atoms with Gasteiger partial charge in [-0.2, -0.15) is 5.10 Å². The van der Waals surface area contributed by atoms with Crippen LogP contribution in [0.25, 0.3) is 11.0 Å². The Morgan fingerprint density at radius 1 is 1.23 bits per heavy atom. The zero-order valence-corrected chi connectivity index (χ0v) is 15.2. The highest BCUT2D eigenvalue weighted by Crippen LogP contribution is 2.37. The summed E-state index contributed by atoms with van der Waals surface area (Å²) in [7, 11) is 1.89. The van der Waals surface area contributed by atoms with Gasteiger partial charge in [-0.15, -0.1) is 0 Å². The molecule has 1 aliphatic heterocycles. The normalized spacial score (nSPS) is 17.2. The second-order valence-electron chi connectivity index (χ2n) is 6.95. The van der Waals surface area contributed by atoms with Gasteiger partial charge in [-0.25, -0.2) is 9.37 Å². The largest absolute Gasteiger partial charge is 0.330 e. The smallest absolute Gasteiger partial charge is 0.254 e. The van der Waals surface area contributed by atoms with Crippen molar-refractivity contribution in [2.24, 2.45) is 7.05 Å². The molecule has 0 aliphatic carbocycles. The topological polar surface area (TPSA) is 51.0 Å². The fourth-order valence-electron chi connectivity index (χ4n) is 3.91. The molecular weight excluding hydrogens is 331 g/mol. The summed E-state index contributed by atoms with van der Waals surface area (Å²) in [5.74, 6) is -0.420. The first kappa shape index (κ1) is 16.7. The molecule has 134 valence electrons. The Morgan fingerprint density at radius 2 is 1.96 bits per heavy atom. The van der Waals surface area contributed by atoms with E-state index >= 15 is 0 Å². The Kier molecular flexibility index (Phi) is 3.98. The number of rotatable bonds is 2. The minimum absolute atomic E-state index is 0.0796. The quantitative estimate of drug-likeness (QED) is 0.707. The van der Waals surface area contributed by atoms with E-state index in [4.69, 9.17) is 5.10 Å². The number of pyridine rings is 1. The average Bonchev–Trinajstić information content (AvgIpc) is 3.20. The van der Waals surface area contributed by atoms with E-state index in [1.165, 1.54) is 12.1 Å². The molecule has 1 amide bonds. The maximum absolute atomic E-state index is 13.2. The van der Waals surface area contributed by atoms with Gasteiger partial charge in [-0.05, 0) is 62.6 Å². The van der Waals surface area contributed by atoms with Crippen LogP contribution in [0.4, 0.5) is 4.39 Å². The van der Waals surface area contributed by atoms with Gasteiger partial charge in [-0.3, -0.25) is 9.48 Å². The zero-order valence-electron chi connectivity index (χ0n) is 15.2. The van der Waals surface area contributed by atoms with Crippen LogP contribution in [0.1, 0.15) is 46.2 Å². The summed E-state index contributed by atoms with van der Waals surface area (Å²) in [5.41, 5.74) is 4.33. The van der Waals surface area contributed by atoms with Crippen molar-refractivity contribution in [2.75, 3.05) is 6.54 Å². The summed E-state index contributed by atoms with van der Waals surface area (Å²) >= 11 is 0. The third-order valence-corrected chi connectivity index (χ3v) is 5.07. The van der Waals surface area contributed by atoms with Gasteiger partial charge in [0.15, 0.2) is 5.65 Å². The van der Waals surface area contributed by atoms with Gasteiger partial charge in [0.1, 0.15) is 5.82 Å². The van der Waals surface area contributed by atoms with Crippen molar-refractivity contribution < 1.29 is 9.18 Å². The van der Waals surface area contributed by atoms with E-state index in [0.717, 1.165) is 40.8 Å². The number of halogens is 1. The number of hydrogen-bond donors (Lipinski definition) is 0. The van der Waals surface area contributed by atoms with Crippen molar-refractivity contribution in [1.82, 2.24) is 19.7 Å². The molecule has 1 aliphatic rings. The molecule has 0 bridgehead atoms. The van der Waals surface area contributed by atoms with Crippen LogP contribution in [0, 0.1) is 19.7 Å². The molecule has 1 atom stereocenters. The van der Waals surface area contributed by atoms with Crippen molar-refractivity contribution >= 4 is 16.9 Å². The van der Waals surface area contributed by atoms with Crippen LogP contribution < -0.4 is 0 Å². The van der Waals surface area contributed by atoms with E-state index in [0.29, 0.717) is 12.1 Å². The van der Waals surface area contributed by atoms with Crippen LogP contribution in [0.3, 0.4) is 0 Å². The molecule has 26 heavy (non-hydrogen) atoms. The number of amides is 1. The maximum atomic E-state index is 13.2. The summed E-state index contributed by atoms with van der Waals surface area (Å²) in [5, 5.41) is 5.74. The third-order valence-electron chi connectivity index (χ3n) is 5.07. The molecule has 1 fully saturated rings. The molecule has 0 saturated carbocycles. The number of aromatic nitrogens is 3. The standard InChI is InChI=1S/C20H21FN4O/c1-12-11-13(2)22-19-17(12)18(23-24(19)3)16-5-4-10-25(16)20(26)14-6-8-15(21)9-7-14/h6-9,11,16H,4-5,10H2,1-3H3.